The number of ether oxygens (including phenoxy) is 2. The Balaban J connectivity index is 0.000000129. The Kier molecular flexibility index (Phi) is 27.2. The number of thiazole rings is 3. The molecule has 0 spiro atoms. The van der Waals surface area contributed by atoms with E-state index < -0.39 is 25.0 Å². The van der Waals surface area contributed by atoms with Gasteiger partial charge in [0.2, 0.25) is 5.95 Å². The number of hydrogen-bond acceptors (Lipinski definition) is 23. The zero-order chi connectivity index (χ0) is 82.4. The highest BCUT2D eigenvalue weighted by molar-refractivity contribution is 7.22. The molecule has 8 heterocycles. The number of carbonyl (C=O) groups is 4. The molecule has 26 heteroatoms. The second-order valence-electron chi connectivity index (χ2n) is 30.0. The number of anilines is 4. The highest BCUT2D eigenvalue weighted by Crippen LogP contribution is 2.47. The summed E-state index contributed by atoms with van der Waals surface area (Å²) in [6, 6.07) is 57.1. The number of aliphatic hydroxyl groups is 2. The molecule has 7 N–H and O–H groups in total. The first-order chi connectivity index (χ1) is 57.4. The largest absolute Gasteiger partial charge is 0.497 e. The molecule has 13 aromatic rings. The summed E-state index contributed by atoms with van der Waals surface area (Å²) in [6.07, 6.45) is 10.1. The van der Waals surface area contributed by atoms with Crippen molar-refractivity contribution >= 4 is 112 Å². The average molecular weight is 1680 g/mol. The van der Waals surface area contributed by atoms with E-state index in [2.05, 4.69) is 92.9 Å². The molecule has 2 amide bonds. The maximum absolute atomic E-state index is 11.9. The predicted octanol–water partition coefficient (Wildman–Crippen LogP) is 17.9. The Hall–Kier alpha value is -11.1. The first kappa shape index (κ1) is 83.4. The van der Waals surface area contributed by atoms with Gasteiger partial charge in [-0.25, -0.2) is 30.9 Å². The van der Waals surface area contributed by atoms with Crippen LogP contribution in [0.25, 0.3) is 43.2 Å². The number of methoxy groups -OCH3 is 2. The van der Waals surface area contributed by atoms with Gasteiger partial charge in [-0.3, -0.25) is 29.6 Å². The van der Waals surface area contributed by atoms with E-state index in [1.165, 1.54) is 58.9 Å². The lowest BCUT2D eigenvalue weighted by molar-refractivity contribution is 0.0701. The number of halogens is 1. The molecule has 21 nitrogen and oxygen atoms in total. The third-order valence-corrected chi connectivity index (χ3v) is 26.3. The number of aryl methyl sites for hydroxylation is 3. The molecule has 3 aliphatic heterocycles. The second-order valence-corrected chi connectivity index (χ2v) is 34.1. The molecule has 1 atom stereocenters. The number of nitrogens with zero attached hydrogens (tertiary/aromatic N) is 8. The normalized spacial score (nSPS) is 14.7. The van der Waals surface area contributed by atoms with Crippen LogP contribution in [-0.4, -0.2) is 129 Å². The molecule has 1 unspecified atom stereocenters. The summed E-state index contributed by atoms with van der Waals surface area (Å²) in [5.41, 5.74) is 22.4. The van der Waals surface area contributed by atoms with Gasteiger partial charge < -0.3 is 39.7 Å². The van der Waals surface area contributed by atoms with Gasteiger partial charge in [0.05, 0.1) is 41.2 Å². The Morgan fingerprint density at radius 1 is 0.559 bits per heavy atom. The Morgan fingerprint density at radius 3 is 1.84 bits per heavy atom. The van der Waals surface area contributed by atoms with Crippen LogP contribution in [0.2, 0.25) is 5.02 Å². The monoisotopic (exact) mass is 1670 g/mol. The van der Waals surface area contributed by atoms with E-state index in [0.717, 1.165) is 163 Å². The van der Waals surface area contributed by atoms with Gasteiger partial charge in [-0.1, -0.05) is 116 Å². The van der Waals surface area contributed by atoms with Crippen molar-refractivity contribution in [2.24, 2.45) is 0 Å². The van der Waals surface area contributed by atoms with Crippen molar-refractivity contribution in [3.63, 3.8) is 0 Å². The van der Waals surface area contributed by atoms with Crippen LogP contribution in [0.5, 0.6) is 11.5 Å². The Labute approximate surface area is 706 Å². The molecule has 17 rings (SSSR count). The first-order valence-corrected chi connectivity index (χ1v) is 43.0. The van der Waals surface area contributed by atoms with Gasteiger partial charge in [0.15, 0.2) is 21.8 Å². The minimum atomic E-state index is -0.547. The zero-order valence-electron chi connectivity index (χ0n) is 66.2. The first-order valence-electron chi connectivity index (χ1n) is 39.2. The van der Waals surface area contributed by atoms with Crippen LogP contribution in [0.4, 0.5) is 22.0 Å². The molecule has 606 valence electrons. The van der Waals surface area contributed by atoms with E-state index in [-0.39, 0.29) is 17.0 Å². The van der Waals surface area contributed by atoms with Crippen molar-refractivity contribution in [2.45, 2.75) is 103 Å². The zero-order valence-corrected chi connectivity index (χ0v) is 70.2. The number of aromatic nitrogens is 5. The molecule has 5 aromatic heterocycles. The molecular formula is C92H92ClN11O10S4. The van der Waals surface area contributed by atoms with Gasteiger partial charge in [-0.15, -0.1) is 45.3 Å². The van der Waals surface area contributed by atoms with E-state index in [9.17, 15) is 19.2 Å². The van der Waals surface area contributed by atoms with Crippen LogP contribution in [0, 0.1) is 6.92 Å². The lowest BCUT2D eigenvalue weighted by Crippen LogP contribution is -2.31. The average Bonchev–Trinajstić information content (AvgIpc) is 1.26. The number of thiophene rings is 1. The predicted molar refractivity (Wildman–Crippen MR) is 471 cm³/mol. The number of rotatable bonds is 18. The maximum atomic E-state index is 11.9. The minimum absolute atomic E-state index is 0.0800. The van der Waals surface area contributed by atoms with E-state index >= 15 is 0 Å². The smallest absolute Gasteiger partial charge is 0.274 e. The SMILES string of the molecule is COc1cc(C(=O)NO)cc2c1CN(c1nc(-c3cccc(Cl)c3)cs1)CC2.COc1ccc(-c2csc(N3CCCc4ccc(C(=O)CO)cc4CC3)n2)cc1.Cc1c(-c2csc(C3Cc4ccc(C(=O)NO)cc4C(C)(C)C3)n2)sc2ccccc12.O=C(CO)c1ccc2c(c1)CCN(c1nccc(NCc3ccccc3)n1)CCC2. The summed E-state index contributed by atoms with van der Waals surface area (Å²) in [6.45, 7) is 11.4. The Bertz CT molecular complexity index is 5720. The topological polar surface area (TPSA) is 278 Å². The number of fused-ring (bicyclic) bond motifs is 5. The summed E-state index contributed by atoms with van der Waals surface area (Å²) < 4.78 is 12.0. The molecule has 1 aliphatic carbocycles. The number of benzene rings is 8. The summed E-state index contributed by atoms with van der Waals surface area (Å²) in [4.78, 5) is 79.3. The number of nitrogens with one attached hydrogen (secondary N) is 3. The number of amides is 2. The maximum Gasteiger partial charge on any atom is 0.274 e. The number of Topliss-reactive ketones (excluding diaryl/α,β-unsaturated/α-hetero) is 2. The molecule has 118 heavy (non-hydrogen) atoms. The number of aliphatic hydroxyl groups excluding tert-OH is 2. The van der Waals surface area contributed by atoms with Crippen LogP contribution < -0.4 is 40.5 Å². The standard InChI is InChI=1S/C25H24N2O2S2.C24H26N4O2.C23H24N2O3S.C20H18ClN3O3S/c1-14-18-6-4-5-7-21(18)31-22(14)20-13-30-24(26-20)17-10-15-8-9-16(23(28)27-29)11-19(15)25(2,3)12-17;29-17-22(30)21-9-8-19-7-4-13-28(14-11-20(19)15-21)24-25-12-10-23(27-24)26-16-18-5-2-1-3-6-18;1-28-20-8-6-17(7-9-20)21-15-29-23(24-21)25-11-2-3-16-4-5-19(22(27)14-26)13-18(16)10-12-25;1-27-18-9-14(19(25)23-26)7-12-5-6-24(10-16(12)18)20-22-17(11-28-20)13-3-2-4-15(21)8-13/h4-9,11,13,17,29H,10,12H2,1-3H3,(H,27,28);1-3,5-6,8-10,12,15,29H,4,7,11,13-14,16-17H2,(H,25,26,27);4-9,13,15,26H,2-3,10-12,14H2,1H3;2-4,7-9,11,26H,5-6,10H2,1H3,(H,23,25). The third kappa shape index (κ3) is 19.8. The van der Waals surface area contributed by atoms with Crippen molar-refractivity contribution in [1.29, 1.82) is 0 Å². The third-order valence-electron chi connectivity index (χ3n) is 21.9. The fourth-order valence-corrected chi connectivity index (χ4v) is 19.8. The highest BCUT2D eigenvalue weighted by atomic mass is 35.5. The van der Waals surface area contributed by atoms with E-state index in [1.54, 1.807) is 83.6 Å². The number of ketones is 2. The summed E-state index contributed by atoms with van der Waals surface area (Å²) >= 11 is 12.9. The molecule has 0 saturated carbocycles. The van der Waals surface area contributed by atoms with Crippen molar-refractivity contribution in [2.75, 3.05) is 80.2 Å². The highest BCUT2D eigenvalue weighted by Gasteiger charge is 2.36. The second kappa shape index (κ2) is 38.5. The van der Waals surface area contributed by atoms with Gasteiger partial charge in [0.25, 0.3) is 11.8 Å². The summed E-state index contributed by atoms with van der Waals surface area (Å²) in [7, 11) is 3.24. The molecule has 0 saturated heterocycles. The molecule has 0 fully saturated rings. The summed E-state index contributed by atoms with van der Waals surface area (Å²) in [5.74, 6) is 1.87. The molecule has 0 bridgehead atoms. The fraction of sp³-hybridized carbons (Fsp3) is 0.272. The van der Waals surface area contributed by atoms with E-state index in [4.69, 9.17) is 61.6 Å². The minimum Gasteiger partial charge on any atom is -0.497 e. The lowest BCUT2D eigenvalue weighted by atomic mass is 9.68. The van der Waals surface area contributed by atoms with Crippen molar-refractivity contribution in [1.82, 2.24) is 35.9 Å². The Morgan fingerprint density at radius 2 is 1.17 bits per heavy atom. The molecule has 8 aromatic carbocycles. The molecule has 0 radical (unpaired) electrons. The van der Waals surface area contributed by atoms with Crippen molar-refractivity contribution in [3.8, 4) is 44.6 Å². The quantitative estimate of drug-likeness (QED) is 0.0239. The summed E-state index contributed by atoms with van der Waals surface area (Å²) in [5, 5.41) is 51.0. The van der Waals surface area contributed by atoms with E-state index in [1.807, 2.05) is 138 Å². The van der Waals surface area contributed by atoms with Crippen LogP contribution in [0.1, 0.15) is 141 Å². The molecule has 4 aliphatic rings. The van der Waals surface area contributed by atoms with Gasteiger partial charge in [0, 0.05) is 123 Å². The number of hydroxylamine groups is 2. The lowest BCUT2D eigenvalue weighted by Gasteiger charge is -2.37. The van der Waals surface area contributed by atoms with Gasteiger partial charge in [-0.2, -0.15) is 4.98 Å². The van der Waals surface area contributed by atoms with Gasteiger partial charge in [0.1, 0.15) is 30.5 Å². The van der Waals surface area contributed by atoms with Crippen molar-refractivity contribution in [3.05, 3.63) is 286 Å². The molecular weight excluding hydrogens is 1580 g/mol. The fourth-order valence-electron chi connectivity index (χ4n) is 15.7. The number of carbonyl (C=O) groups excluding carboxylic acids is 4. The van der Waals surface area contributed by atoms with Gasteiger partial charge >= 0.3 is 0 Å². The van der Waals surface area contributed by atoms with Crippen molar-refractivity contribution < 1.29 is 49.3 Å². The van der Waals surface area contributed by atoms with Crippen LogP contribution >= 0.6 is 56.9 Å². The van der Waals surface area contributed by atoms with Crippen LogP contribution in [0.3, 0.4) is 0 Å². The van der Waals surface area contributed by atoms with Gasteiger partial charge in [-0.05, 0) is 211 Å². The van der Waals surface area contributed by atoms with Crippen LogP contribution in [0.15, 0.2) is 198 Å². The van der Waals surface area contributed by atoms with Crippen LogP contribution in [-0.2, 0) is 57.0 Å². The number of hydrogen-bond donors (Lipinski definition) is 7. The van der Waals surface area contributed by atoms with E-state index in [0.29, 0.717) is 52.0 Å².